The monoisotopic (exact) mass is 407 g/mol. The van der Waals surface area contributed by atoms with Gasteiger partial charge in [-0.15, -0.1) is 0 Å². The molecule has 3 aliphatic heterocycles. The Labute approximate surface area is 174 Å². The van der Waals surface area contributed by atoms with E-state index in [1.165, 1.54) is 18.4 Å². The van der Waals surface area contributed by atoms with Crippen molar-refractivity contribution in [3.63, 3.8) is 0 Å². The molecule has 0 aromatic rings. The summed E-state index contributed by atoms with van der Waals surface area (Å²) in [5.74, 6) is 0.377. The largest absolute Gasteiger partial charge is 0.377 e. The fourth-order valence-corrected chi connectivity index (χ4v) is 6.32. The first-order chi connectivity index (χ1) is 14.1. The molecular weight excluding hydrogens is 369 g/mol. The first-order valence-corrected chi connectivity index (χ1v) is 11.7. The Kier molecular flexibility index (Phi) is 5.73. The second-order valence-electron chi connectivity index (χ2n) is 10.1. The van der Waals surface area contributed by atoms with Crippen molar-refractivity contribution < 1.29 is 9.13 Å². The molecule has 5 N–H and O–H groups in total. The van der Waals surface area contributed by atoms with Gasteiger partial charge in [-0.3, -0.25) is 16.0 Å². The van der Waals surface area contributed by atoms with Crippen LogP contribution in [-0.4, -0.2) is 63.6 Å². The van der Waals surface area contributed by atoms with Crippen LogP contribution in [0.3, 0.4) is 0 Å². The lowest BCUT2D eigenvalue weighted by molar-refractivity contribution is -0.0273. The third-order valence-corrected chi connectivity index (χ3v) is 8.12. The zero-order chi connectivity index (χ0) is 20.0. The highest BCUT2D eigenvalue weighted by Gasteiger charge is 2.63. The summed E-state index contributed by atoms with van der Waals surface area (Å²) < 4.78 is 22.4. The van der Waals surface area contributed by atoms with Crippen molar-refractivity contribution >= 4 is 0 Å². The maximum absolute atomic E-state index is 16.1. The van der Waals surface area contributed by atoms with Crippen molar-refractivity contribution in [3.05, 3.63) is 11.6 Å². The number of rotatable bonds is 4. The fourth-order valence-electron chi connectivity index (χ4n) is 6.32. The standard InChI is InChI=1S/C22H38FN5O/c1-13-10-17(24-2)28-21(26-13)27-16-11-15-20(29-12-22(15)6-7-22)18(19(16)23)14-4-3-8-25-9-5-14/h5,13,15-21,24-28H,3-4,6-12H2,1-2H3. The summed E-state index contributed by atoms with van der Waals surface area (Å²) in [6.45, 7) is 4.90. The van der Waals surface area contributed by atoms with Crippen LogP contribution >= 0.6 is 0 Å². The van der Waals surface area contributed by atoms with E-state index in [2.05, 4.69) is 39.6 Å². The molecule has 5 aliphatic rings. The van der Waals surface area contributed by atoms with E-state index in [4.69, 9.17) is 4.74 Å². The van der Waals surface area contributed by atoms with Crippen LogP contribution in [0.5, 0.6) is 0 Å². The number of nitrogens with one attached hydrogen (secondary N) is 5. The van der Waals surface area contributed by atoms with E-state index in [0.717, 1.165) is 45.4 Å². The molecule has 6 nitrogen and oxygen atoms in total. The second kappa shape index (κ2) is 8.17. The Bertz CT molecular complexity index is 626. The number of ether oxygens (including phenoxy) is 1. The molecule has 8 unspecified atom stereocenters. The Balaban J connectivity index is 1.36. The molecule has 2 saturated heterocycles. The molecule has 3 heterocycles. The number of fused-ring (bicyclic) bond motifs is 2. The molecule has 0 bridgehead atoms. The Morgan fingerprint density at radius 3 is 2.90 bits per heavy atom. The molecule has 0 aromatic carbocycles. The van der Waals surface area contributed by atoms with E-state index in [-0.39, 0.29) is 30.5 Å². The molecule has 0 amide bonds. The number of halogens is 1. The fraction of sp³-hybridized carbons (Fsp3) is 0.909. The van der Waals surface area contributed by atoms with E-state index in [9.17, 15) is 0 Å². The lowest BCUT2D eigenvalue weighted by atomic mass is 9.67. The minimum Gasteiger partial charge on any atom is -0.377 e. The Morgan fingerprint density at radius 1 is 1.24 bits per heavy atom. The van der Waals surface area contributed by atoms with Gasteiger partial charge in [0, 0.05) is 24.5 Å². The summed E-state index contributed by atoms with van der Waals surface area (Å²) >= 11 is 0. The molecule has 29 heavy (non-hydrogen) atoms. The van der Waals surface area contributed by atoms with Crippen LogP contribution in [0.1, 0.15) is 45.4 Å². The van der Waals surface area contributed by atoms with Crippen LogP contribution < -0.4 is 26.6 Å². The minimum absolute atomic E-state index is 0.0613. The first-order valence-electron chi connectivity index (χ1n) is 11.7. The summed E-state index contributed by atoms with van der Waals surface area (Å²) in [5.41, 5.74) is 1.62. The summed E-state index contributed by atoms with van der Waals surface area (Å²) in [7, 11) is 1.98. The zero-order valence-electron chi connectivity index (χ0n) is 17.8. The van der Waals surface area contributed by atoms with Gasteiger partial charge in [0.1, 0.15) is 12.5 Å². The van der Waals surface area contributed by atoms with Gasteiger partial charge in [0.25, 0.3) is 0 Å². The lowest BCUT2D eigenvalue weighted by Gasteiger charge is -2.46. The van der Waals surface area contributed by atoms with Crippen LogP contribution in [0.4, 0.5) is 4.39 Å². The minimum atomic E-state index is -0.914. The lowest BCUT2D eigenvalue weighted by Crippen LogP contribution is -2.69. The van der Waals surface area contributed by atoms with Gasteiger partial charge >= 0.3 is 0 Å². The number of alkyl halides is 1. The smallest absolute Gasteiger partial charge is 0.124 e. The summed E-state index contributed by atoms with van der Waals surface area (Å²) in [5, 5.41) is 17.5. The highest BCUT2D eigenvalue weighted by atomic mass is 19.1. The van der Waals surface area contributed by atoms with Crippen molar-refractivity contribution in [2.45, 2.75) is 82.3 Å². The molecule has 5 rings (SSSR count). The summed E-state index contributed by atoms with van der Waals surface area (Å²) in [6.07, 6.45) is 8.05. The molecule has 164 valence electrons. The van der Waals surface area contributed by atoms with Gasteiger partial charge < -0.3 is 15.4 Å². The highest BCUT2D eigenvalue weighted by Crippen LogP contribution is 2.62. The number of hydrogen-bond donors (Lipinski definition) is 5. The normalized spacial score (nSPS) is 46.8. The van der Waals surface area contributed by atoms with Gasteiger partial charge in [0.2, 0.25) is 0 Å². The molecule has 4 fully saturated rings. The van der Waals surface area contributed by atoms with Gasteiger partial charge in [-0.1, -0.05) is 11.6 Å². The average molecular weight is 408 g/mol. The molecule has 2 saturated carbocycles. The van der Waals surface area contributed by atoms with Gasteiger partial charge in [0.15, 0.2) is 0 Å². The van der Waals surface area contributed by atoms with Crippen LogP contribution in [0, 0.1) is 17.3 Å². The van der Waals surface area contributed by atoms with E-state index in [0.29, 0.717) is 17.4 Å². The van der Waals surface area contributed by atoms with E-state index in [1.54, 1.807) is 0 Å². The second-order valence-corrected chi connectivity index (χ2v) is 10.1. The topological polar surface area (TPSA) is 69.4 Å². The van der Waals surface area contributed by atoms with Gasteiger partial charge in [-0.2, -0.15) is 0 Å². The molecule has 8 atom stereocenters. The maximum Gasteiger partial charge on any atom is 0.124 e. The first kappa shape index (κ1) is 20.3. The van der Waals surface area contributed by atoms with Gasteiger partial charge in [0.05, 0.1) is 18.9 Å². The molecule has 0 aromatic heterocycles. The highest BCUT2D eigenvalue weighted by molar-refractivity contribution is 5.22. The van der Waals surface area contributed by atoms with Crippen LogP contribution in [-0.2, 0) is 4.74 Å². The van der Waals surface area contributed by atoms with E-state index in [1.807, 2.05) is 7.05 Å². The molecule has 1 spiro atoms. The Morgan fingerprint density at radius 2 is 2.10 bits per heavy atom. The zero-order valence-corrected chi connectivity index (χ0v) is 17.8. The van der Waals surface area contributed by atoms with Crippen LogP contribution in [0.15, 0.2) is 11.6 Å². The predicted molar refractivity (Wildman–Crippen MR) is 112 cm³/mol. The van der Waals surface area contributed by atoms with Crippen molar-refractivity contribution in [1.82, 2.24) is 26.6 Å². The van der Waals surface area contributed by atoms with Crippen molar-refractivity contribution in [2.75, 3.05) is 26.7 Å². The van der Waals surface area contributed by atoms with E-state index >= 15 is 4.39 Å². The van der Waals surface area contributed by atoms with Gasteiger partial charge in [-0.05, 0) is 70.4 Å². The third-order valence-electron chi connectivity index (χ3n) is 8.12. The quantitative estimate of drug-likeness (QED) is 0.452. The van der Waals surface area contributed by atoms with Crippen LogP contribution in [0.2, 0.25) is 0 Å². The summed E-state index contributed by atoms with van der Waals surface area (Å²) in [6, 6.07) is 0.238. The molecule has 7 heteroatoms. The predicted octanol–water partition coefficient (Wildman–Crippen LogP) is 1.21. The SMILES string of the molecule is CNC1CC(C)NC(NC2CC3C(OCC34CC4)C(C3=CCNCCC3)C2F)N1. The Hall–Kier alpha value is -0.570. The van der Waals surface area contributed by atoms with Crippen LogP contribution in [0.25, 0.3) is 0 Å². The summed E-state index contributed by atoms with van der Waals surface area (Å²) in [4.78, 5) is 0. The van der Waals surface area contributed by atoms with Crippen molar-refractivity contribution in [3.8, 4) is 0 Å². The molecule has 2 aliphatic carbocycles. The third kappa shape index (κ3) is 3.90. The van der Waals surface area contributed by atoms with Crippen molar-refractivity contribution in [1.29, 1.82) is 0 Å². The number of hydrogen-bond acceptors (Lipinski definition) is 6. The van der Waals surface area contributed by atoms with E-state index < -0.39 is 6.17 Å². The maximum atomic E-state index is 16.1. The van der Waals surface area contributed by atoms with Crippen molar-refractivity contribution in [2.24, 2.45) is 17.3 Å². The molecule has 0 radical (unpaired) electrons. The average Bonchev–Trinajstić information content (AvgIpc) is 3.46. The molecular formula is C22H38FN5O. The van der Waals surface area contributed by atoms with Gasteiger partial charge in [-0.25, -0.2) is 4.39 Å².